The van der Waals surface area contributed by atoms with Crippen molar-refractivity contribution in [1.29, 1.82) is 0 Å². The number of benzene rings is 1. The van der Waals surface area contributed by atoms with Gasteiger partial charge in [0.15, 0.2) is 0 Å². The number of hydrogen-bond donors (Lipinski definition) is 2. The fraction of sp³-hybridized carbons (Fsp3) is 0.417. The van der Waals surface area contributed by atoms with Gasteiger partial charge in [-0.15, -0.1) is 0 Å². The largest absolute Gasteiger partial charge is 0.332 e. The summed E-state index contributed by atoms with van der Waals surface area (Å²) in [5, 5.41) is 2.84. The van der Waals surface area contributed by atoms with E-state index in [0.29, 0.717) is 13.1 Å². The van der Waals surface area contributed by atoms with Crippen LogP contribution in [0.3, 0.4) is 0 Å². The Morgan fingerprint density at radius 2 is 2.12 bits per heavy atom. The van der Waals surface area contributed by atoms with Gasteiger partial charge in [0.05, 0.1) is 6.04 Å². The first-order valence-corrected chi connectivity index (χ1v) is 5.61. The van der Waals surface area contributed by atoms with Gasteiger partial charge in [-0.2, -0.15) is 0 Å². The third-order valence-electron chi connectivity index (χ3n) is 2.92. The van der Waals surface area contributed by atoms with Crippen LogP contribution in [0.4, 0.5) is 10.5 Å². The average Bonchev–Trinajstić information content (AvgIpc) is 2.71. The minimum Gasteiger partial charge on any atom is -0.332 e. The molecule has 1 aromatic carbocycles. The predicted molar refractivity (Wildman–Crippen MR) is 64.5 cm³/mol. The molecule has 4 nitrogen and oxygen atoms in total. The second kappa shape index (κ2) is 4.53. The molecule has 2 amide bonds. The Balaban J connectivity index is 2.15. The van der Waals surface area contributed by atoms with Crippen LogP contribution in [0.1, 0.15) is 12.5 Å². The Morgan fingerprint density at radius 3 is 2.62 bits per heavy atom. The molecule has 0 radical (unpaired) electrons. The normalized spacial score (nSPS) is 20.0. The van der Waals surface area contributed by atoms with E-state index in [4.69, 9.17) is 5.73 Å². The van der Waals surface area contributed by atoms with E-state index < -0.39 is 0 Å². The SMILES string of the molecule is CCc1ccc(N2CC(CN)NC2=O)cc1. The lowest BCUT2D eigenvalue weighted by atomic mass is 10.1. The van der Waals surface area contributed by atoms with Crippen molar-refractivity contribution in [3.05, 3.63) is 29.8 Å². The molecule has 1 fully saturated rings. The van der Waals surface area contributed by atoms with E-state index in [1.807, 2.05) is 12.1 Å². The third kappa shape index (κ3) is 2.02. The molecule has 2 rings (SSSR count). The zero-order valence-corrected chi connectivity index (χ0v) is 9.44. The van der Waals surface area contributed by atoms with Crippen molar-refractivity contribution in [2.75, 3.05) is 18.0 Å². The average molecular weight is 219 g/mol. The third-order valence-corrected chi connectivity index (χ3v) is 2.92. The topological polar surface area (TPSA) is 58.4 Å². The fourth-order valence-electron chi connectivity index (χ4n) is 1.87. The van der Waals surface area contributed by atoms with Gasteiger partial charge in [0.25, 0.3) is 0 Å². The number of nitrogens with one attached hydrogen (secondary N) is 1. The molecule has 0 spiro atoms. The quantitative estimate of drug-likeness (QED) is 0.800. The van der Waals surface area contributed by atoms with Crippen molar-refractivity contribution < 1.29 is 4.79 Å². The van der Waals surface area contributed by atoms with Gasteiger partial charge < -0.3 is 11.1 Å². The van der Waals surface area contributed by atoms with Crippen LogP contribution in [-0.2, 0) is 6.42 Å². The molecule has 4 heteroatoms. The van der Waals surface area contributed by atoms with E-state index in [-0.39, 0.29) is 12.1 Å². The van der Waals surface area contributed by atoms with Gasteiger partial charge in [0.2, 0.25) is 0 Å². The molecule has 0 aliphatic carbocycles. The second-order valence-electron chi connectivity index (χ2n) is 4.01. The van der Waals surface area contributed by atoms with Gasteiger partial charge in [0.1, 0.15) is 0 Å². The maximum atomic E-state index is 11.7. The van der Waals surface area contributed by atoms with Gasteiger partial charge in [-0.05, 0) is 24.1 Å². The first-order valence-electron chi connectivity index (χ1n) is 5.61. The predicted octanol–water partition coefficient (Wildman–Crippen LogP) is 1.11. The summed E-state index contributed by atoms with van der Waals surface area (Å²) >= 11 is 0. The molecule has 0 saturated carbocycles. The van der Waals surface area contributed by atoms with Crippen LogP contribution < -0.4 is 16.0 Å². The van der Waals surface area contributed by atoms with E-state index in [1.54, 1.807) is 4.90 Å². The van der Waals surface area contributed by atoms with Crippen molar-refractivity contribution in [1.82, 2.24) is 5.32 Å². The van der Waals surface area contributed by atoms with Gasteiger partial charge >= 0.3 is 6.03 Å². The van der Waals surface area contributed by atoms with Gasteiger partial charge in [-0.1, -0.05) is 19.1 Å². The molecule has 1 unspecified atom stereocenters. The molecular weight excluding hydrogens is 202 g/mol. The number of rotatable bonds is 3. The highest BCUT2D eigenvalue weighted by molar-refractivity contribution is 5.94. The summed E-state index contributed by atoms with van der Waals surface area (Å²) in [5.41, 5.74) is 7.75. The summed E-state index contributed by atoms with van der Waals surface area (Å²) in [6.45, 7) is 3.25. The van der Waals surface area contributed by atoms with E-state index in [1.165, 1.54) is 5.56 Å². The van der Waals surface area contributed by atoms with Crippen molar-refractivity contribution in [3.8, 4) is 0 Å². The lowest BCUT2D eigenvalue weighted by Crippen LogP contribution is -2.33. The zero-order valence-electron chi connectivity index (χ0n) is 9.44. The Morgan fingerprint density at radius 1 is 1.44 bits per heavy atom. The molecule has 1 atom stereocenters. The van der Waals surface area contributed by atoms with Crippen LogP contribution in [0, 0.1) is 0 Å². The van der Waals surface area contributed by atoms with Gasteiger partial charge in [0, 0.05) is 18.8 Å². The lowest BCUT2D eigenvalue weighted by molar-refractivity contribution is 0.251. The number of carbonyl (C=O) groups excluding carboxylic acids is 1. The highest BCUT2D eigenvalue weighted by atomic mass is 16.2. The Labute approximate surface area is 95.4 Å². The summed E-state index contributed by atoms with van der Waals surface area (Å²) in [6.07, 6.45) is 1.01. The van der Waals surface area contributed by atoms with Crippen molar-refractivity contribution in [3.63, 3.8) is 0 Å². The summed E-state index contributed by atoms with van der Waals surface area (Å²) in [6, 6.07) is 8.09. The van der Waals surface area contributed by atoms with Gasteiger partial charge in [-0.3, -0.25) is 4.90 Å². The molecule has 0 aromatic heterocycles. The standard InChI is InChI=1S/C12H17N3O/c1-2-9-3-5-11(6-4-9)15-8-10(7-13)14-12(15)16/h3-6,10H,2,7-8,13H2,1H3,(H,14,16). The number of nitrogens with zero attached hydrogens (tertiary/aromatic N) is 1. The number of carbonyl (C=O) groups is 1. The number of aryl methyl sites for hydroxylation is 1. The molecule has 1 aliphatic heterocycles. The highest BCUT2D eigenvalue weighted by Gasteiger charge is 2.28. The Hall–Kier alpha value is -1.55. The molecular formula is C12H17N3O. The summed E-state index contributed by atoms with van der Waals surface area (Å²) in [5.74, 6) is 0. The van der Waals surface area contributed by atoms with E-state index in [0.717, 1.165) is 12.1 Å². The van der Waals surface area contributed by atoms with Crippen LogP contribution in [-0.4, -0.2) is 25.2 Å². The van der Waals surface area contributed by atoms with Crippen molar-refractivity contribution >= 4 is 11.7 Å². The highest BCUT2D eigenvalue weighted by Crippen LogP contribution is 2.18. The zero-order chi connectivity index (χ0) is 11.5. The monoisotopic (exact) mass is 219 g/mol. The maximum Gasteiger partial charge on any atom is 0.322 e. The fourth-order valence-corrected chi connectivity index (χ4v) is 1.87. The van der Waals surface area contributed by atoms with Gasteiger partial charge in [-0.25, -0.2) is 4.79 Å². The maximum absolute atomic E-state index is 11.7. The van der Waals surface area contributed by atoms with Crippen LogP contribution in [0.5, 0.6) is 0 Å². The molecule has 0 bridgehead atoms. The molecule has 1 saturated heterocycles. The Bertz CT molecular complexity index is 374. The number of amides is 2. The van der Waals surface area contributed by atoms with Crippen LogP contribution >= 0.6 is 0 Å². The number of urea groups is 1. The summed E-state index contributed by atoms with van der Waals surface area (Å²) < 4.78 is 0. The van der Waals surface area contributed by atoms with Crippen LogP contribution in [0.25, 0.3) is 0 Å². The Kier molecular flexibility index (Phi) is 3.10. The van der Waals surface area contributed by atoms with E-state index in [2.05, 4.69) is 24.4 Å². The summed E-state index contributed by atoms with van der Waals surface area (Å²) in [4.78, 5) is 13.4. The first kappa shape index (κ1) is 11.0. The number of nitrogens with two attached hydrogens (primary N) is 1. The molecule has 86 valence electrons. The van der Waals surface area contributed by atoms with Crippen molar-refractivity contribution in [2.24, 2.45) is 5.73 Å². The molecule has 1 aromatic rings. The second-order valence-corrected chi connectivity index (χ2v) is 4.01. The van der Waals surface area contributed by atoms with Crippen LogP contribution in [0.2, 0.25) is 0 Å². The lowest BCUT2D eigenvalue weighted by Gasteiger charge is -2.14. The number of hydrogen-bond acceptors (Lipinski definition) is 2. The number of anilines is 1. The van der Waals surface area contributed by atoms with Crippen LogP contribution in [0.15, 0.2) is 24.3 Å². The molecule has 1 aliphatic rings. The van der Waals surface area contributed by atoms with E-state index in [9.17, 15) is 4.79 Å². The summed E-state index contributed by atoms with van der Waals surface area (Å²) in [7, 11) is 0. The smallest absolute Gasteiger partial charge is 0.322 e. The molecule has 16 heavy (non-hydrogen) atoms. The minimum absolute atomic E-state index is 0.0558. The molecule has 3 N–H and O–H groups in total. The van der Waals surface area contributed by atoms with Crippen molar-refractivity contribution in [2.45, 2.75) is 19.4 Å². The minimum atomic E-state index is -0.0558. The molecule has 1 heterocycles. The first-order chi connectivity index (χ1) is 7.74. The van der Waals surface area contributed by atoms with E-state index >= 15 is 0 Å².